The molecular formula is C34H26N4O10. The maximum atomic E-state index is 13.3. The molecule has 0 saturated carbocycles. The van der Waals surface area contributed by atoms with Gasteiger partial charge in [-0.15, -0.1) is 0 Å². The number of nitrogens with zero attached hydrogens (tertiary/aromatic N) is 2. The number of piperidine rings is 2. The molecule has 2 unspecified atom stereocenters. The quantitative estimate of drug-likeness (QED) is 0.340. The number of hydrogen-bond acceptors (Lipinski definition) is 10. The van der Waals surface area contributed by atoms with Crippen molar-refractivity contribution in [2.75, 3.05) is 0 Å². The molecule has 2 N–H and O–H groups in total. The van der Waals surface area contributed by atoms with Crippen molar-refractivity contribution in [3.8, 4) is 11.5 Å². The Hall–Kier alpha value is -6.18. The Balaban J connectivity index is 1.00. The van der Waals surface area contributed by atoms with E-state index in [0.29, 0.717) is 0 Å². The number of nitrogens with one attached hydrogen (secondary N) is 2. The third-order valence-electron chi connectivity index (χ3n) is 8.67. The molecule has 48 heavy (non-hydrogen) atoms. The number of fused-ring (bicyclic) bond motifs is 2. The van der Waals surface area contributed by atoms with Gasteiger partial charge in [0.05, 0.1) is 22.3 Å². The average Bonchev–Trinajstić information content (AvgIpc) is 3.48. The molecule has 4 aliphatic heterocycles. The molecule has 3 aromatic carbocycles. The number of carbonyl (C=O) groups is 8. The first-order chi connectivity index (χ1) is 23.1. The van der Waals surface area contributed by atoms with Crippen LogP contribution in [0.3, 0.4) is 0 Å². The molecule has 0 aliphatic carbocycles. The van der Waals surface area contributed by atoms with E-state index in [2.05, 4.69) is 10.6 Å². The first-order valence-electron chi connectivity index (χ1n) is 15.1. The lowest BCUT2D eigenvalue weighted by atomic mass is 10.0. The van der Waals surface area contributed by atoms with Gasteiger partial charge in [-0.05, 0) is 48.2 Å². The van der Waals surface area contributed by atoms with E-state index in [0.717, 1.165) is 20.9 Å². The molecule has 242 valence electrons. The summed E-state index contributed by atoms with van der Waals surface area (Å²) in [5.74, 6) is -4.53. The van der Waals surface area contributed by atoms with Crippen LogP contribution in [0.1, 0.15) is 78.2 Å². The van der Waals surface area contributed by atoms with E-state index in [1.54, 1.807) is 48.5 Å². The van der Waals surface area contributed by atoms with E-state index < -0.39 is 59.3 Å². The third-order valence-corrected chi connectivity index (χ3v) is 8.67. The molecule has 8 amide bonds. The number of ether oxygens (including phenoxy) is 2. The van der Waals surface area contributed by atoms with Crippen molar-refractivity contribution in [3.05, 3.63) is 94.0 Å². The minimum Gasteiger partial charge on any atom is -0.488 e. The summed E-state index contributed by atoms with van der Waals surface area (Å²) < 4.78 is 11.9. The van der Waals surface area contributed by atoms with E-state index in [1.165, 1.54) is 12.1 Å². The molecule has 2 atom stereocenters. The van der Waals surface area contributed by atoms with Crippen LogP contribution in [-0.2, 0) is 32.4 Å². The second-order valence-corrected chi connectivity index (χ2v) is 11.6. The Morgan fingerprint density at radius 3 is 1.31 bits per heavy atom. The van der Waals surface area contributed by atoms with E-state index in [9.17, 15) is 38.4 Å². The first-order valence-corrected chi connectivity index (χ1v) is 15.1. The number of carbonyl (C=O) groups excluding carboxylic acids is 8. The molecule has 4 aliphatic rings. The second-order valence-electron chi connectivity index (χ2n) is 11.6. The zero-order chi connectivity index (χ0) is 33.7. The van der Waals surface area contributed by atoms with Crippen LogP contribution >= 0.6 is 0 Å². The summed E-state index contributed by atoms with van der Waals surface area (Å²) in [5, 5.41) is 4.34. The largest absolute Gasteiger partial charge is 0.488 e. The van der Waals surface area contributed by atoms with Gasteiger partial charge in [0.15, 0.2) is 0 Å². The molecular weight excluding hydrogens is 624 g/mol. The molecule has 0 radical (unpaired) electrons. The SMILES string of the molecule is O=C1CCC(N2C(=O)c3cccc(OCc4ccc(COc5cccc6c5C(=O)N(C5CCC(=O)NC5=O)C6=O)cc4)c3C2=O)C(=O)N1. The normalized spacial score (nSPS) is 20.5. The van der Waals surface area contributed by atoms with Crippen LogP contribution in [0.4, 0.5) is 0 Å². The molecule has 14 heteroatoms. The van der Waals surface area contributed by atoms with Crippen molar-refractivity contribution in [3.63, 3.8) is 0 Å². The summed E-state index contributed by atoms with van der Waals surface area (Å²) in [7, 11) is 0. The highest BCUT2D eigenvalue weighted by Gasteiger charge is 2.47. The molecule has 0 aromatic heterocycles. The fourth-order valence-electron chi connectivity index (χ4n) is 6.26. The van der Waals surface area contributed by atoms with Crippen molar-refractivity contribution in [1.29, 1.82) is 0 Å². The van der Waals surface area contributed by atoms with Crippen molar-refractivity contribution in [2.45, 2.75) is 51.0 Å². The lowest BCUT2D eigenvalue weighted by Crippen LogP contribution is -2.54. The van der Waals surface area contributed by atoms with Crippen LogP contribution in [0.5, 0.6) is 11.5 Å². The summed E-state index contributed by atoms with van der Waals surface area (Å²) in [6, 6.07) is 14.2. The van der Waals surface area contributed by atoms with Crippen LogP contribution in [-0.4, -0.2) is 69.1 Å². The Morgan fingerprint density at radius 1 is 0.542 bits per heavy atom. The summed E-state index contributed by atoms with van der Waals surface area (Å²) in [6.45, 7) is 0.104. The number of hydrogen-bond donors (Lipinski definition) is 2. The molecule has 14 nitrogen and oxygen atoms in total. The number of amides is 8. The van der Waals surface area contributed by atoms with Gasteiger partial charge >= 0.3 is 0 Å². The van der Waals surface area contributed by atoms with Gasteiger partial charge in [-0.2, -0.15) is 0 Å². The monoisotopic (exact) mass is 650 g/mol. The smallest absolute Gasteiger partial charge is 0.266 e. The predicted octanol–water partition coefficient (Wildman–Crippen LogP) is 1.65. The highest BCUT2D eigenvalue weighted by atomic mass is 16.5. The van der Waals surface area contributed by atoms with Gasteiger partial charge in [0.25, 0.3) is 23.6 Å². The Morgan fingerprint density at radius 2 is 0.938 bits per heavy atom. The van der Waals surface area contributed by atoms with Gasteiger partial charge in [0, 0.05) is 12.8 Å². The van der Waals surface area contributed by atoms with Gasteiger partial charge < -0.3 is 9.47 Å². The maximum Gasteiger partial charge on any atom is 0.266 e. The van der Waals surface area contributed by atoms with E-state index in [4.69, 9.17) is 9.47 Å². The van der Waals surface area contributed by atoms with E-state index in [1.807, 2.05) is 0 Å². The van der Waals surface area contributed by atoms with Crippen LogP contribution < -0.4 is 20.1 Å². The van der Waals surface area contributed by atoms with Crippen LogP contribution in [0.15, 0.2) is 60.7 Å². The fraction of sp³-hybridized carbons (Fsp3) is 0.235. The molecule has 3 aromatic rings. The van der Waals surface area contributed by atoms with Crippen LogP contribution in [0.2, 0.25) is 0 Å². The predicted molar refractivity (Wildman–Crippen MR) is 161 cm³/mol. The van der Waals surface area contributed by atoms with Crippen LogP contribution in [0, 0.1) is 0 Å². The second kappa shape index (κ2) is 11.9. The number of imide groups is 4. The molecule has 2 fully saturated rings. The van der Waals surface area contributed by atoms with Crippen molar-refractivity contribution < 1.29 is 47.8 Å². The molecule has 0 bridgehead atoms. The van der Waals surface area contributed by atoms with Gasteiger partial charge in [0.2, 0.25) is 23.6 Å². The standard InChI is InChI=1S/C34H26N4O10/c39-25-13-11-21(29(41)35-25)37-31(43)19-3-1-5-23(27(19)33(37)45)47-15-17-7-9-18(10-8-17)16-48-24-6-2-4-20-28(24)34(46)38(32(20)44)22-12-14-26(40)36-30(22)42/h1-10,21-22H,11-16H2,(H,35,39,41)(H,36,40,42). The zero-order valence-electron chi connectivity index (χ0n) is 25.1. The summed E-state index contributed by atoms with van der Waals surface area (Å²) in [5.41, 5.74) is 1.80. The number of rotatable bonds is 8. The van der Waals surface area contributed by atoms with Crippen LogP contribution in [0.25, 0.3) is 0 Å². The molecule has 4 heterocycles. The van der Waals surface area contributed by atoms with E-state index >= 15 is 0 Å². The Kier molecular flexibility index (Phi) is 7.54. The maximum absolute atomic E-state index is 13.3. The molecule has 7 rings (SSSR count). The van der Waals surface area contributed by atoms with Gasteiger partial charge in [-0.3, -0.25) is 58.8 Å². The summed E-state index contributed by atoms with van der Waals surface area (Å²) in [6.07, 6.45) is 0.125. The minimum atomic E-state index is -1.09. The van der Waals surface area contributed by atoms with E-state index in [-0.39, 0.29) is 72.6 Å². The molecule has 0 spiro atoms. The third kappa shape index (κ3) is 5.16. The lowest BCUT2D eigenvalue weighted by molar-refractivity contribution is -0.137. The minimum absolute atomic E-state index is 0.0166. The van der Waals surface area contributed by atoms with Crippen molar-refractivity contribution >= 4 is 47.3 Å². The summed E-state index contributed by atoms with van der Waals surface area (Å²) >= 11 is 0. The van der Waals surface area contributed by atoms with Crippen molar-refractivity contribution in [2.24, 2.45) is 0 Å². The average molecular weight is 651 g/mol. The fourth-order valence-corrected chi connectivity index (χ4v) is 6.26. The first kappa shape index (κ1) is 30.5. The summed E-state index contributed by atoms with van der Waals surface area (Å²) in [4.78, 5) is 102. The Labute approximate surface area is 271 Å². The highest BCUT2D eigenvalue weighted by Crippen LogP contribution is 2.35. The lowest BCUT2D eigenvalue weighted by Gasteiger charge is -2.27. The topological polar surface area (TPSA) is 186 Å². The number of benzene rings is 3. The van der Waals surface area contributed by atoms with Gasteiger partial charge in [0.1, 0.15) is 36.8 Å². The van der Waals surface area contributed by atoms with Gasteiger partial charge in [-0.25, -0.2) is 0 Å². The van der Waals surface area contributed by atoms with Crippen molar-refractivity contribution in [1.82, 2.24) is 20.4 Å². The highest BCUT2D eigenvalue weighted by molar-refractivity contribution is 6.25. The Bertz CT molecular complexity index is 1830. The zero-order valence-corrected chi connectivity index (χ0v) is 25.1. The van der Waals surface area contributed by atoms with Gasteiger partial charge in [-0.1, -0.05) is 36.4 Å². The molecule has 2 saturated heterocycles.